The number of benzene rings is 1. The molecule has 88 valence electrons. The largest absolute Gasteiger partial charge is 0.303 e. The normalized spacial score (nSPS) is 12.4. The summed E-state index contributed by atoms with van der Waals surface area (Å²) in [7, 11) is 0. The van der Waals surface area contributed by atoms with Crippen LogP contribution in [0.1, 0.15) is 30.5 Å². The Labute approximate surface area is 101 Å². The van der Waals surface area contributed by atoms with Crippen molar-refractivity contribution in [2.75, 3.05) is 0 Å². The van der Waals surface area contributed by atoms with Crippen LogP contribution in [0, 0.1) is 6.92 Å². The van der Waals surface area contributed by atoms with Crippen molar-refractivity contribution < 1.29 is 4.79 Å². The van der Waals surface area contributed by atoms with Crippen LogP contribution in [0.15, 0.2) is 36.5 Å². The summed E-state index contributed by atoms with van der Waals surface area (Å²) < 4.78 is 1.90. The Kier molecular flexibility index (Phi) is 3.38. The highest BCUT2D eigenvalue weighted by atomic mass is 16.1. The first-order valence-electron chi connectivity index (χ1n) is 5.77. The van der Waals surface area contributed by atoms with Crippen molar-refractivity contribution in [3.63, 3.8) is 0 Å². The van der Waals surface area contributed by atoms with E-state index in [1.807, 2.05) is 29.8 Å². The second-order valence-electron chi connectivity index (χ2n) is 4.28. The Morgan fingerprint density at radius 3 is 2.53 bits per heavy atom. The minimum absolute atomic E-state index is 0.278. The van der Waals surface area contributed by atoms with E-state index in [2.05, 4.69) is 24.2 Å². The molecular formula is C14H16N2O. The van der Waals surface area contributed by atoms with E-state index in [0.717, 1.165) is 17.7 Å². The third-order valence-electron chi connectivity index (χ3n) is 2.99. The van der Waals surface area contributed by atoms with Crippen LogP contribution in [0.5, 0.6) is 0 Å². The summed E-state index contributed by atoms with van der Waals surface area (Å²) in [6, 6.07) is 10.2. The highest BCUT2D eigenvalue weighted by molar-refractivity contribution is 5.51. The summed E-state index contributed by atoms with van der Waals surface area (Å²) in [4.78, 5) is 10.5. The molecule has 0 radical (unpaired) electrons. The lowest BCUT2D eigenvalue weighted by molar-refractivity contribution is -0.108. The molecule has 1 aromatic heterocycles. The van der Waals surface area contributed by atoms with Crippen molar-refractivity contribution in [1.29, 1.82) is 0 Å². The molecule has 0 aliphatic carbocycles. The summed E-state index contributed by atoms with van der Waals surface area (Å²) in [5.41, 5.74) is 3.35. The molecule has 1 heterocycles. The first kappa shape index (κ1) is 11.6. The number of aromatic nitrogens is 2. The number of carbonyl (C=O) groups is 1. The molecule has 0 saturated carbocycles. The topological polar surface area (TPSA) is 34.9 Å². The molecule has 0 N–H and O–H groups in total. The number of nitrogens with zero attached hydrogens (tertiary/aromatic N) is 2. The second kappa shape index (κ2) is 4.95. The molecule has 2 rings (SSSR count). The predicted octanol–water partition coefficient (Wildman–Crippen LogP) is 2.87. The molecule has 0 aliphatic rings. The molecule has 1 aromatic carbocycles. The lowest BCUT2D eigenvalue weighted by Crippen LogP contribution is -2.00. The van der Waals surface area contributed by atoms with Crippen LogP contribution in [-0.4, -0.2) is 16.1 Å². The summed E-state index contributed by atoms with van der Waals surface area (Å²) in [6.07, 6.45) is 3.33. The van der Waals surface area contributed by atoms with Gasteiger partial charge in [-0.15, -0.1) is 0 Å². The Balaban J connectivity index is 2.24. The van der Waals surface area contributed by atoms with Gasteiger partial charge in [0.05, 0.1) is 5.69 Å². The number of hydrogen-bond acceptors (Lipinski definition) is 2. The molecule has 0 fully saturated rings. The molecule has 0 bridgehead atoms. The highest BCUT2D eigenvalue weighted by Crippen LogP contribution is 2.19. The maximum atomic E-state index is 10.5. The molecule has 1 atom stereocenters. The Bertz CT molecular complexity index is 499. The molecule has 0 saturated heterocycles. The van der Waals surface area contributed by atoms with Gasteiger partial charge in [-0.2, -0.15) is 5.10 Å². The van der Waals surface area contributed by atoms with E-state index in [0.29, 0.717) is 6.42 Å². The van der Waals surface area contributed by atoms with Crippen LogP contribution in [0.4, 0.5) is 0 Å². The lowest BCUT2D eigenvalue weighted by atomic mass is 9.98. The molecule has 0 aliphatic heterocycles. The van der Waals surface area contributed by atoms with Crippen molar-refractivity contribution in [3.05, 3.63) is 47.8 Å². The molecule has 2 aromatic rings. The number of aryl methyl sites for hydroxylation is 1. The number of rotatable bonds is 4. The molecule has 1 unspecified atom stereocenters. The van der Waals surface area contributed by atoms with Gasteiger partial charge < -0.3 is 4.79 Å². The fraction of sp³-hybridized carbons (Fsp3) is 0.286. The van der Waals surface area contributed by atoms with Crippen LogP contribution in [0.25, 0.3) is 5.69 Å². The minimum Gasteiger partial charge on any atom is -0.303 e. The first-order valence-corrected chi connectivity index (χ1v) is 5.77. The second-order valence-corrected chi connectivity index (χ2v) is 4.28. The number of hydrogen-bond donors (Lipinski definition) is 0. The van der Waals surface area contributed by atoms with Gasteiger partial charge in [-0.05, 0) is 36.6 Å². The zero-order valence-corrected chi connectivity index (χ0v) is 10.1. The number of aldehydes is 1. The van der Waals surface area contributed by atoms with Gasteiger partial charge in [-0.1, -0.05) is 19.1 Å². The zero-order chi connectivity index (χ0) is 12.3. The third-order valence-corrected chi connectivity index (χ3v) is 2.99. The number of carbonyl (C=O) groups excluding carboxylic acids is 1. The maximum absolute atomic E-state index is 10.5. The van der Waals surface area contributed by atoms with Gasteiger partial charge in [-0.25, -0.2) is 4.68 Å². The van der Waals surface area contributed by atoms with E-state index in [1.54, 1.807) is 6.20 Å². The molecule has 0 spiro atoms. The summed E-state index contributed by atoms with van der Waals surface area (Å²) in [5.74, 6) is 0.278. The van der Waals surface area contributed by atoms with Gasteiger partial charge in [0.2, 0.25) is 0 Å². The summed E-state index contributed by atoms with van der Waals surface area (Å²) in [6.45, 7) is 4.08. The molecule has 17 heavy (non-hydrogen) atoms. The van der Waals surface area contributed by atoms with Gasteiger partial charge in [0.1, 0.15) is 6.29 Å². The van der Waals surface area contributed by atoms with Crippen molar-refractivity contribution in [3.8, 4) is 5.69 Å². The van der Waals surface area contributed by atoms with Gasteiger partial charge in [0.15, 0.2) is 0 Å². The van der Waals surface area contributed by atoms with Gasteiger partial charge >= 0.3 is 0 Å². The lowest BCUT2D eigenvalue weighted by Gasteiger charge is -2.10. The van der Waals surface area contributed by atoms with Gasteiger partial charge in [-0.3, -0.25) is 0 Å². The SMILES string of the molecule is Cc1ccnn1-c1ccc(C(C)CC=O)cc1. The van der Waals surface area contributed by atoms with Crippen LogP contribution in [0.2, 0.25) is 0 Å². The molecule has 3 nitrogen and oxygen atoms in total. The minimum atomic E-state index is 0.278. The smallest absolute Gasteiger partial charge is 0.120 e. The average molecular weight is 228 g/mol. The third kappa shape index (κ3) is 2.44. The van der Waals surface area contributed by atoms with Crippen LogP contribution in [0.3, 0.4) is 0 Å². The zero-order valence-electron chi connectivity index (χ0n) is 10.1. The van der Waals surface area contributed by atoms with Crippen molar-refractivity contribution in [2.24, 2.45) is 0 Å². The fourth-order valence-electron chi connectivity index (χ4n) is 1.86. The fourth-order valence-corrected chi connectivity index (χ4v) is 1.86. The monoisotopic (exact) mass is 228 g/mol. The maximum Gasteiger partial charge on any atom is 0.120 e. The molecule has 0 amide bonds. The standard InChI is InChI=1S/C14H16N2O/c1-11(8-10-17)13-3-5-14(6-4-13)16-12(2)7-9-15-16/h3-7,9-11H,8H2,1-2H3. The van der Waals surface area contributed by atoms with Crippen LogP contribution < -0.4 is 0 Å². The Morgan fingerprint density at radius 1 is 1.29 bits per heavy atom. The quantitative estimate of drug-likeness (QED) is 0.754. The summed E-state index contributed by atoms with van der Waals surface area (Å²) in [5, 5.41) is 4.26. The Morgan fingerprint density at radius 2 is 2.00 bits per heavy atom. The van der Waals surface area contributed by atoms with Crippen molar-refractivity contribution in [2.45, 2.75) is 26.2 Å². The average Bonchev–Trinajstić information content (AvgIpc) is 2.76. The van der Waals surface area contributed by atoms with E-state index in [9.17, 15) is 4.79 Å². The van der Waals surface area contributed by atoms with E-state index < -0.39 is 0 Å². The van der Waals surface area contributed by atoms with Crippen molar-refractivity contribution >= 4 is 6.29 Å². The van der Waals surface area contributed by atoms with E-state index in [1.165, 1.54) is 5.56 Å². The van der Waals surface area contributed by atoms with Crippen LogP contribution in [-0.2, 0) is 4.79 Å². The Hall–Kier alpha value is -1.90. The van der Waals surface area contributed by atoms with E-state index in [4.69, 9.17) is 0 Å². The van der Waals surface area contributed by atoms with Crippen LogP contribution >= 0.6 is 0 Å². The molecule has 3 heteroatoms. The van der Waals surface area contributed by atoms with Crippen molar-refractivity contribution in [1.82, 2.24) is 9.78 Å². The van der Waals surface area contributed by atoms with Gasteiger partial charge in [0, 0.05) is 18.3 Å². The highest BCUT2D eigenvalue weighted by Gasteiger charge is 2.05. The summed E-state index contributed by atoms with van der Waals surface area (Å²) >= 11 is 0. The first-order chi connectivity index (χ1) is 8.22. The van der Waals surface area contributed by atoms with Gasteiger partial charge in [0.25, 0.3) is 0 Å². The van der Waals surface area contributed by atoms with E-state index in [-0.39, 0.29) is 5.92 Å². The predicted molar refractivity (Wildman–Crippen MR) is 67.4 cm³/mol. The van der Waals surface area contributed by atoms with E-state index >= 15 is 0 Å². The molecular weight excluding hydrogens is 212 g/mol.